The van der Waals surface area contributed by atoms with Gasteiger partial charge in [-0.2, -0.15) is 0 Å². The van der Waals surface area contributed by atoms with Crippen molar-refractivity contribution >= 4 is 5.97 Å². The summed E-state index contributed by atoms with van der Waals surface area (Å²) in [4.78, 5) is 16.1. The van der Waals surface area contributed by atoms with Crippen LogP contribution in [0.3, 0.4) is 0 Å². The highest BCUT2D eigenvalue weighted by molar-refractivity contribution is 5.89. The lowest BCUT2D eigenvalue weighted by Gasteiger charge is -2.67. The van der Waals surface area contributed by atoms with E-state index in [-0.39, 0.29) is 52.8 Å². The van der Waals surface area contributed by atoms with E-state index in [1.54, 1.807) is 19.2 Å². The Bertz CT molecular complexity index is 1190. The van der Waals surface area contributed by atoms with Gasteiger partial charge in [-0.15, -0.1) is 0 Å². The lowest BCUT2D eigenvalue weighted by molar-refractivity contribution is -0.242. The number of benzene rings is 1. The molecular weight excluding hydrogens is 510 g/mol. The maximum Gasteiger partial charge on any atom is 0.338 e. The molecule has 4 saturated carbocycles. The number of nitrogens with zero attached hydrogens (tertiary/aromatic N) is 1. The number of hydrogen-bond donors (Lipinski definition) is 1. The van der Waals surface area contributed by atoms with Crippen LogP contribution >= 0.6 is 0 Å². The molecule has 218 valence electrons. The van der Waals surface area contributed by atoms with Crippen molar-refractivity contribution < 1.29 is 33.6 Å². The molecule has 1 aliphatic heterocycles. The van der Waals surface area contributed by atoms with Crippen LogP contribution in [0.25, 0.3) is 0 Å². The van der Waals surface area contributed by atoms with Crippen LogP contribution in [0.1, 0.15) is 36.5 Å². The number of esters is 1. The fourth-order valence-electron chi connectivity index (χ4n) is 11.2. The molecule has 5 aliphatic carbocycles. The number of ether oxygens (including phenoxy) is 5. The van der Waals surface area contributed by atoms with Crippen molar-refractivity contribution in [3.8, 4) is 0 Å². The highest BCUT2D eigenvalue weighted by atomic mass is 16.6. The number of carbonyl (C=O) groups is 1. The molecule has 8 heteroatoms. The Labute approximate surface area is 236 Å². The molecule has 1 saturated heterocycles. The third-order valence-electron chi connectivity index (χ3n) is 12.0. The Morgan fingerprint density at radius 2 is 1.85 bits per heavy atom. The maximum atomic E-state index is 13.5. The van der Waals surface area contributed by atoms with Gasteiger partial charge in [0.05, 0.1) is 24.4 Å². The van der Waals surface area contributed by atoms with E-state index in [1.165, 1.54) is 5.57 Å². The number of fused-ring (bicyclic) bond motifs is 2. The van der Waals surface area contributed by atoms with Gasteiger partial charge in [0.2, 0.25) is 0 Å². The van der Waals surface area contributed by atoms with Crippen molar-refractivity contribution in [1.29, 1.82) is 0 Å². The third kappa shape index (κ3) is 3.10. The minimum absolute atomic E-state index is 0.00505. The predicted octanol–water partition coefficient (Wildman–Crippen LogP) is 2.94. The summed E-state index contributed by atoms with van der Waals surface area (Å²) in [6.07, 6.45) is 3.29. The second-order valence-corrected chi connectivity index (χ2v) is 13.1. The predicted molar refractivity (Wildman–Crippen MR) is 147 cm³/mol. The third-order valence-corrected chi connectivity index (χ3v) is 12.0. The zero-order chi connectivity index (χ0) is 28.0. The molecule has 0 radical (unpaired) electrons. The molecule has 12 atom stereocenters. The summed E-state index contributed by atoms with van der Waals surface area (Å²) < 4.78 is 31.3. The number of methoxy groups -OCH3 is 4. The molecule has 1 spiro atoms. The second-order valence-electron chi connectivity index (χ2n) is 13.1. The van der Waals surface area contributed by atoms with Gasteiger partial charge in [0.1, 0.15) is 17.8 Å². The normalized spacial score (nSPS) is 48.1. The number of likely N-dealkylation sites (tertiary alicyclic amines) is 1. The van der Waals surface area contributed by atoms with Gasteiger partial charge in [-0.25, -0.2) is 4.79 Å². The van der Waals surface area contributed by atoms with Crippen LogP contribution in [-0.2, 0) is 23.7 Å². The monoisotopic (exact) mass is 553 g/mol. The quantitative estimate of drug-likeness (QED) is 0.389. The van der Waals surface area contributed by atoms with Crippen molar-refractivity contribution in [2.75, 3.05) is 48.1 Å². The average molecular weight is 554 g/mol. The molecule has 7 bridgehead atoms. The van der Waals surface area contributed by atoms with E-state index >= 15 is 0 Å². The van der Waals surface area contributed by atoms with Gasteiger partial charge in [-0.3, -0.25) is 4.90 Å². The number of piperidine rings is 1. The second kappa shape index (κ2) is 9.35. The first-order valence-electron chi connectivity index (χ1n) is 14.9. The van der Waals surface area contributed by atoms with Crippen LogP contribution in [0.5, 0.6) is 0 Å². The highest BCUT2D eigenvalue weighted by Gasteiger charge is 2.84. The summed E-state index contributed by atoms with van der Waals surface area (Å²) >= 11 is 0. The number of rotatable bonds is 8. The number of hydrogen-bond acceptors (Lipinski definition) is 8. The highest BCUT2D eigenvalue weighted by Crippen LogP contribution is 2.78. The molecule has 1 N–H and O–H groups in total. The molecule has 0 amide bonds. The van der Waals surface area contributed by atoms with Crippen molar-refractivity contribution in [3.63, 3.8) is 0 Å². The van der Waals surface area contributed by atoms with E-state index in [9.17, 15) is 9.90 Å². The standard InChI is InChI=1S/C32H43NO7/c1-6-33-16-30(17-36-2)13-12-21(37-3)32-20-15-31(35)22(38-4)14-19(24(27(32)33)25(39-5)26(30)32)23(20)28(31)40-29(34)18-10-8-7-9-11-18/h7-11,14,20-28,35H,6,12-13,15-17H2,1-5H3/t20-,21+,22+,23-,24+,25+,26-,27?,28-,30+,31+,32+/m1/s1. The van der Waals surface area contributed by atoms with Gasteiger partial charge in [-0.05, 0) is 43.9 Å². The Morgan fingerprint density at radius 3 is 2.50 bits per heavy atom. The minimum atomic E-state index is -1.33. The fourth-order valence-corrected chi connectivity index (χ4v) is 11.2. The van der Waals surface area contributed by atoms with E-state index in [0.717, 1.165) is 25.9 Å². The van der Waals surface area contributed by atoms with Crippen LogP contribution in [-0.4, -0.2) is 100 Å². The van der Waals surface area contributed by atoms with Gasteiger partial charge in [0, 0.05) is 69.6 Å². The van der Waals surface area contributed by atoms with Crippen molar-refractivity contribution in [1.82, 2.24) is 4.90 Å². The molecule has 1 aromatic rings. The summed E-state index contributed by atoms with van der Waals surface area (Å²) in [5.74, 6) is -0.202. The smallest absolute Gasteiger partial charge is 0.338 e. The molecule has 1 aromatic carbocycles. The van der Waals surface area contributed by atoms with Gasteiger partial charge >= 0.3 is 5.97 Å². The van der Waals surface area contributed by atoms with Crippen molar-refractivity contribution in [2.24, 2.45) is 34.5 Å². The topological polar surface area (TPSA) is 86.7 Å². The first-order valence-corrected chi connectivity index (χ1v) is 14.9. The summed E-state index contributed by atoms with van der Waals surface area (Å²) in [6, 6.07) is 9.28. The Kier molecular flexibility index (Phi) is 6.32. The van der Waals surface area contributed by atoms with E-state index in [0.29, 0.717) is 18.6 Å². The lowest BCUT2D eigenvalue weighted by Crippen LogP contribution is -2.73. The average Bonchev–Trinajstić information content (AvgIpc) is 3.31. The first-order chi connectivity index (χ1) is 19.4. The summed E-state index contributed by atoms with van der Waals surface area (Å²) in [5.41, 5.74) is 0.0225. The molecule has 8 nitrogen and oxygen atoms in total. The SMILES string of the molecule is CCN1C[C@]2(COC)CC[C@H](OC)[C@@]34C1[C@@H](C1=C[C@H](OC)[C@@]5(O)C[C@@H]3[C@@H]1[C@H]5OC(=O)c1ccccc1)[C@H](OC)[C@H]24. The fraction of sp³-hybridized carbons (Fsp3) is 0.719. The number of aliphatic hydroxyl groups is 1. The zero-order valence-electron chi connectivity index (χ0n) is 24.2. The molecule has 6 aliphatic rings. The van der Waals surface area contributed by atoms with Crippen LogP contribution in [0.4, 0.5) is 0 Å². The molecule has 0 aromatic heterocycles. The molecule has 5 fully saturated rings. The van der Waals surface area contributed by atoms with Crippen LogP contribution < -0.4 is 0 Å². The molecule has 40 heavy (non-hydrogen) atoms. The molecule has 1 unspecified atom stereocenters. The van der Waals surface area contributed by atoms with E-state index in [1.807, 2.05) is 39.5 Å². The number of carbonyl (C=O) groups excluding carboxylic acids is 1. The summed E-state index contributed by atoms with van der Waals surface area (Å²) in [6.45, 7) is 4.80. The van der Waals surface area contributed by atoms with Gasteiger partial charge in [-0.1, -0.05) is 36.8 Å². The lowest BCUT2D eigenvalue weighted by atomic mass is 9.44. The largest absolute Gasteiger partial charge is 0.455 e. The van der Waals surface area contributed by atoms with Gasteiger partial charge in [0.25, 0.3) is 0 Å². The first kappa shape index (κ1) is 27.0. The van der Waals surface area contributed by atoms with Crippen LogP contribution in [0, 0.1) is 34.5 Å². The Morgan fingerprint density at radius 1 is 1.07 bits per heavy atom. The van der Waals surface area contributed by atoms with E-state index < -0.39 is 23.8 Å². The maximum absolute atomic E-state index is 13.5. The minimum Gasteiger partial charge on any atom is -0.455 e. The van der Waals surface area contributed by atoms with E-state index in [2.05, 4.69) is 17.9 Å². The van der Waals surface area contributed by atoms with Crippen LogP contribution in [0.15, 0.2) is 42.0 Å². The Balaban J connectivity index is 1.43. The van der Waals surface area contributed by atoms with Crippen molar-refractivity contribution in [2.45, 2.75) is 62.2 Å². The van der Waals surface area contributed by atoms with Gasteiger partial charge in [0.15, 0.2) is 0 Å². The molecule has 1 heterocycles. The Hall–Kier alpha value is -1.81. The summed E-state index contributed by atoms with van der Waals surface area (Å²) in [7, 11) is 7.14. The molecule has 7 rings (SSSR count). The van der Waals surface area contributed by atoms with Gasteiger partial charge < -0.3 is 28.8 Å². The van der Waals surface area contributed by atoms with Crippen molar-refractivity contribution in [3.05, 3.63) is 47.5 Å². The molecular formula is C32H43NO7. The summed E-state index contributed by atoms with van der Waals surface area (Å²) in [5, 5.41) is 12.5. The zero-order valence-corrected chi connectivity index (χ0v) is 24.2. The van der Waals surface area contributed by atoms with E-state index in [4.69, 9.17) is 23.7 Å². The van der Waals surface area contributed by atoms with Crippen LogP contribution in [0.2, 0.25) is 0 Å².